The smallest absolute Gasteiger partial charge is 0.193 e. The van der Waals surface area contributed by atoms with Crippen LogP contribution in [0.4, 0.5) is 0 Å². The van der Waals surface area contributed by atoms with Crippen molar-refractivity contribution in [1.82, 2.24) is 10.2 Å². The molecule has 1 aromatic rings. The summed E-state index contributed by atoms with van der Waals surface area (Å²) < 4.78 is 28.1. The van der Waals surface area contributed by atoms with Crippen molar-refractivity contribution >= 4 is 15.8 Å². The van der Waals surface area contributed by atoms with Gasteiger partial charge in [-0.2, -0.15) is 0 Å². The first kappa shape index (κ1) is 21.5. The van der Waals surface area contributed by atoms with E-state index in [9.17, 15) is 8.42 Å². The highest BCUT2D eigenvalue weighted by molar-refractivity contribution is 7.90. The number of rotatable bonds is 7. The van der Waals surface area contributed by atoms with Gasteiger partial charge in [0.05, 0.1) is 12.9 Å². The highest BCUT2D eigenvalue weighted by Crippen LogP contribution is 2.28. The Morgan fingerprint density at radius 2 is 2.00 bits per heavy atom. The molecule has 2 rings (SSSR count). The molecule has 1 N–H and O–H groups in total. The minimum atomic E-state index is -2.94. The fourth-order valence-corrected chi connectivity index (χ4v) is 4.22. The third-order valence-electron chi connectivity index (χ3n) is 5.16. The molecular formula is C20H33N3O3S. The van der Waals surface area contributed by atoms with Gasteiger partial charge in [0.1, 0.15) is 15.6 Å². The predicted molar refractivity (Wildman–Crippen MR) is 111 cm³/mol. The van der Waals surface area contributed by atoms with E-state index in [0.717, 1.165) is 31.2 Å². The summed E-state index contributed by atoms with van der Waals surface area (Å²) in [5, 5.41) is 3.44. The third kappa shape index (κ3) is 6.72. The maximum atomic E-state index is 11.4. The van der Waals surface area contributed by atoms with E-state index < -0.39 is 9.84 Å². The van der Waals surface area contributed by atoms with E-state index in [1.807, 2.05) is 12.1 Å². The lowest BCUT2D eigenvalue weighted by atomic mass is 9.90. The zero-order valence-corrected chi connectivity index (χ0v) is 18.0. The second-order valence-corrected chi connectivity index (χ2v) is 10.4. The lowest BCUT2D eigenvalue weighted by molar-refractivity contribution is 0.341. The molecule has 1 atom stereocenters. The molecule has 1 aliphatic heterocycles. The van der Waals surface area contributed by atoms with E-state index in [4.69, 9.17) is 4.74 Å². The van der Waals surface area contributed by atoms with E-state index in [2.05, 4.69) is 41.2 Å². The fourth-order valence-electron chi connectivity index (χ4n) is 3.30. The Labute approximate surface area is 163 Å². The van der Waals surface area contributed by atoms with Crippen LogP contribution in [0.5, 0.6) is 5.75 Å². The van der Waals surface area contributed by atoms with E-state index in [-0.39, 0.29) is 11.2 Å². The summed E-state index contributed by atoms with van der Waals surface area (Å²) in [6.45, 7) is 6.75. The number of hydrogen-bond acceptors (Lipinski definition) is 4. The summed E-state index contributed by atoms with van der Waals surface area (Å²) in [6, 6.07) is 8.29. The molecule has 1 fully saturated rings. The molecular weight excluding hydrogens is 362 g/mol. The average Bonchev–Trinajstić information content (AvgIpc) is 3.10. The van der Waals surface area contributed by atoms with Gasteiger partial charge in [0, 0.05) is 38.9 Å². The highest BCUT2D eigenvalue weighted by atomic mass is 32.2. The first-order chi connectivity index (χ1) is 12.6. The van der Waals surface area contributed by atoms with Crippen LogP contribution in [0.1, 0.15) is 38.2 Å². The van der Waals surface area contributed by atoms with Crippen LogP contribution in [-0.4, -0.2) is 65.1 Å². The molecule has 1 aliphatic rings. The standard InChI is InChI=1S/C20H33N3O3S/c1-20(2,11-13-27(5,24)25)15-22-19(21-3)23-12-10-17(14-23)16-6-8-18(26-4)9-7-16/h6-9,17H,10-15H2,1-5H3,(H,21,22). The molecule has 0 bridgehead atoms. The Kier molecular flexibility index (Phi) is 7.14. The Bertz CT molecular complexity index is 742. The highest BCUT2D eigenvalue weighted by Gasteiger charge is 2.27. The maximum absolute atomic E-state index is 11.4. The van der Waals surface area contributed by atoms with Gasteiger partial charge in [0.15, 0.2) is 5.96 Å². The van der Waals surface area contributed by atoms with Crippen molar-refractivity contribution in [3.8, 4) is 5.75 Å². The van der Waals surface area contributed by atoms with Gasteiger partial charge in [0.25, 0.3) is 0 Å². The van der Waals surface area contributed by atoms with Crippen LogP contribution in [0.15, 0.2) is 29.3 Å². The predicted octanol–water partition coefficient (Wildman–Crippen LogP) is 2.52. The van der Waals surface area contributed by atoms with Gasteiger partial charge in [-0.3, -0.25) is 4.99 Å². The largest absolute Gasteiger partial charge is 0.497 e. The van der Waals surface area contributed by atoms with Gasteiger partial charge in [-0.15, -0.1) is 0 Å². The van der Waals surface area contributed by atoms with Crippen molar-refractivity contribution in [2.75, 3.05) is 45.8 Å². The van der Waals surface area contributed by atoms with Crippen molar-refractivity contribution in [3.05, 3.63) is 29.8 Å². The number of nitrogens with one attached hydrogen (secondary N) is 1. The molecule has 0 aromatic heterocycles. The average molecular weight is 396 g/mol. The van der Waals surface area contributed by atoms with Crippen molar-refractivity contribution in [1.29, 1.82) is 0 Å². The summed E-state index contributed by atoms with van der Waals surface area (Å²) in [7, 11) is 0.541. The first-order valence-electron chi connectivity index (χ1n) is 9.41. The number of guanidine groups is 1. The van der Waals surface area contributed by atoms with E-state index in [0.29, 0.717) is 18.9 Å². The van der Waals surface area contributed by atoms with Crippen LogP contribution in [0.3, 0.4) is 0 Å². The van der Waals surface area contributed by atoms with Gasteiger partial charge in [0.2, 0.25) is 0 Å². The van der Waals surface area contributed by atoms with Gasteiger partial charge in [-0.05, 0) is 36.0 Å². The molecule has 0 radical (unpaired) electrons. The first-order valence-corrected chi connectivity index (χ1v) is 11.5. The van der Waals surface area contributed by atoms with E-state index >= 15 is 0 Å². The Morgan fingerprint density at radius 1 is 1.33 bits per heavy atom. The Hall–Kier alpha value is -1.76. The van der Waals surface area contributed by atoms with Crippen molar-refractivity contribution in [2.45, 2.75) is 32.6 Å². The number of methoxy groups -OCH3 is 1. The van der Waals surface area contributed by atoms with Crippen LogP contribution in [0, 0.1) is 5.41 Å². The lowest BCUT2D eigenvalue weighted by Gasteiger charge is -2.28. The molecule has 0 spiro atoms. The monoisotopic (exact) mass is 395 g/mol. The minimum Gasteiger partial charge on any atom is -0.497 e. The number of benzene rings is 1. The molecule has 6 nitrogen and oxygen atoms in total. The number of ether oxygens (including phenoxy) is 1. The summed E-state index contributed by atoms with van der Waals surface area (Å²) >= 11 is 0. The Balaban J connectivity index is 1.90. The number of nitrogens with zero attached hydrogens (tertiary/aromatic N) is 2. The Morgan fingerprint density at radius 3 is 2.56 bits per heavy atom. The van der Waals surface area contributed by atoms with Crippen LogP contribution in [-0.2, 0) is 9.84 Å². The molecule has 0 amide bonds. The van der Waals surface area contributed by atoms with Gasteiger partial charge >= 0.3 is 0 Å². The number of sulfone groups is 1. The summed E-state index contributed by atoms with van der Waals surface area (Å²) in [4.78, 5) is 6.71. The van der Waals surface area contributed by atoms with Crippen LogP contribution in [0.2, 0.25) is 0 Å². The quantitative estimate of drug-likeness (QED) is 0.567. The second kappa shape index (κ2) is 8.95. The molecule has 1 heterocycles. The zero-order chi connectivity index (χ0) is 20.1. The molecule has 7 heteroatoms. The van der Waals surface area contributed by atoms with Crippen molar-refractivity contribution < 1.29 is 13.2 Å². The fraction of sp³-hybridized carbons (Fsp3) is 0.650. The number of likely N-dealkylation sites (tertiary alicyclic amines) is 1. The lowest BCUT2D eigenvalue weighted by Crippen LogP contribution is -2.44. The topological polar surface area (TPSA) is 71.0 Å². The summed E-state index contributed by atoms with van der Waals surface area (Å²) in [5.41, 5.74) is 1.20. The normalized spacial score (nSPS) is 18.6. The van der Waals surface area contributed by atoms with Crippen LogP contribution < -0.4 is 10.1 Å². The summed E-state index contributed by atoms with van der Waals surface area (Å²) in [5.74, 6) is 2.46. The molecule has 152 valence electrons. The molecule has 27 heavy (non-hydrogen) atoms. The van der Waals surface area contributed by atoms with Gasteiger partial charge in [-0.25, -0.2) is 8.42 Å². The second-order valence-electron chi connectivity index (χ2n) is 8.15. The van der Waals surface area contributed by atoms with E-state index in [1.54, 1.807) is 14.2 Å². The molecule has 0 aliphatic carbocycles. The maximum Gasteiger partial charge on any atom is 0.193 e. The molecule has 1 saturated heterocycles. The number of aliphatic imine (C=N–C) groups is 1. The molecule has 1 unspecified atom stereocenters. The summed E-state index contributed by atoms with van der Waals surface area (Å²) in [6.07, 6.45) is 3.01. The van der Waals surface area contributed by atoms with Crippen LogP contribution >= 0.6 is 0 Å². The van der Waals surface area contributed by atoms with Crippen LogP contribution in [0.25, 0.3) is 0 Å². The van der Waals surface area contributed by atoms with Crippen molar-refractivity contribution in [3.63, 3.8) is 0 Å². The zero-order valence-electron chi connectivity index (χ0n) is 17.2. The van der Waals surface area contributed by atoms with Crippen molar-refractivity contribution in [2.24, 2.45) is 10.4 Å². The minimum absolute atomic E-state index is 0.117. The molecule has 1 aromatic carbocycles. The number of hydrogen-bond donors (Lipinski definition) is 1. The third-order valence-corrected chi connectivity index (χ3v) is 6.11. The van der Waals surface area contributed by atoms with Gasteiger partial charge in [-0.1, -0.05) is 26.0 Å². The van der Waals surface area contributed by atoms with E-state index in [1.165, 1.54) is 11.8 Å². The molecule has 0 saturated carbocycles. The van der Waals surface area contributed by atoms with Gasteiger partial charge < -0.3 is 15.0 Å². The SMILES string of the molecule is CN=C(NCC(C)(C)CCS(C)(=O)=O)N1CCC(c2ccc(OC)cc2)C1.